The molecule has 1 amide bonds. The first-order valence-corrected chi connectivity index (χ1v) is 16.4. The maximum absolute atomic E-state index is 13.8. The number of fused-ring (bicyclic) bond motifs is 2. The number of likely N-dealkylation sites (tertiary alicyclic amines) is 1. The first kappa shape index (κ1) is 30.7. The van der Waals surface area contributed by atoms with Gasteiger partial charge >= 0.3 is 0 Å². The summed E-state index contributed by atoms with van der Waals surface area (Å²) in [6.45, 7) is 3.12. The second-order valence-electron chi connectivity index (χ2n) is 11.4. The van der Waals surface area contributed by atoms with Crippen molar-refractivity contribution >= 4 is 44.8 Å². The molecule has 5 rings (SSSR count). The number of hydrogen-bond acceptors (Lipinski definition) is 4. The minimum absolute atomic E-state index is 0.0517. The molecule has 1 fully saturated rings. The molecule has 42 heavy (non-hydrogen) atoms. The van der Waals surface area contributed by atoms with Crippen LogP contribution >= 0.6 is 23.2 Å². The normalized spacial score (nSPS) is 17.3. The Kier molecular flexibility index (Phi) is 8.86. The van der Waals surface area contributed by atoms with Crippen LogP contribution in [0.15, 0.2) is 60.7 Å². The van der Waals surface area contributed by atoms with Crippen LogP contribution in [0.3, 0.4) is 0 Å². The number of nitrogens with zero attached hydrogens (tertiary/aromatic N) is 3. The van der Waals surface area contributed by atoms with Gasteiger partial charge in [-0.3, -0.25) is 9.10 Å². The lowest BCUT2D eigenvalue weighted by atomic mass is 9.74. The minimum atomic E-state index is -3.38. The summed E-state index contributed by atoms with van der Waals surface area (Å²) in [6.07, 6.45) is 3.62. The molecule has 0 saturated carbocycles. The molecule has 0 bridgehead atoms. The number of likely N-dealkylation sites (N-methyl/N-ethyl adjacent to an activating group) is 1. The van der Waals surface area contributed by atoms with E-state index in [-0.39, 0.29) is 16.9 Å². The molecule has 1 spiro atoms. The van der Waals surface area contributed by atoms with E-state index < -0.39 is 27.6 Å². The van der Waals surface area contributed by atoms with Crippen molar-refractivity contribution in [3.63, 3.8) is 0 Å². The number of amides is 1. The van der Waals surface area contributed by atoms with E-state index in [1.54, 1.807) is 19.2 Å². The zero-order chi connectivity index (χ0) is 30.2. The maximum Gasteiger partial charge on any atom is 0.253 e. The molecule has 0 N–H and O–H groups in total. The molecular weight excluding hydrogens is 603 g/mol. The van der Waals surface area contributed by atoms with E-state index in [4.69, 9.17) is 23.2 Å². The molecule has 0 aliphatic carbocycles. The summed E-state index contributed by atoms with van der Waals surface area (Å²) in [5, 5.41) is 0.843. The van der Waals surface area contributed by atoms with Gasteiger partial charge in [-0.2, -0.15) is 0 Å². The number of para-hydroxylation sites is 1. The molecule has 3 aromatic rings. The lowest BCUT2D eigenvalue weighted by Crippen LogP contribution is -2.46. The summed E-state index contributed by atoms with van der Waals surface area (Å²) in [5.74, 6) is -2.20. The average Bonchev–Trinajstić information content (AvgIpc) is 3.27. The van der Waals surface area contributed by atoms with E-state index in [2.05, 4.69) is 4.90 Å². The van der Waals surface area contributed by atoms with Gasteiger partial charge in [0.2, 0.25) is 10.0 Å². The molecular formula is C31H33Cl2F2N3O3S. The van der Waals surface area contributed by atoms with Crippen molar-refractivity contribution in [2.75, 3.05) is 50.3 Å². The first-order valence-electron chi connectivity index (χ1n) is 13.8. The fourth-order valence-corrected chi connectivity index (χ4v) is 7.60. The predicted molar refractivity (Wildman–Crippen MR) is 163 cm³/mol. The standard InChI is InChI=1S/C31H33Cl2F2N3O3S/c1-36(30(39)23-15-24(34)18-25(35)16-23)19-22(21-7-8-27(32)28(33)17-21)9-12-37-13-10-31(11-14-37)20-38(42(2,40)41)29-6-4-3-5-26(29)31/h3-8,15-18,22H,9-14,19-20H2,1-2H3. The fraction of sp³-hybridized carbons (Fsp3) is 0.387. The van der Waals surface area contributed by atoms with E-state index >= 15 is 0 Å². The van der Waals surface area contributed by atoms with Gasteiger partial charge in [-0.25, -0.2) is 17.2 Å². The number of rotatable bonds is 8. The van der Waals surface area contributed by atoms with Gasteiger partial charge in [-0.15, -0.1) is 0 Å². The summed E-state index contributed by atoms with van der Waals surface area (Å²) in [5.41, 5.74) is 2.52. The van der Waals surface area contributed by atoms with Crippen LogP contribution in [0.5, 0.6) is 0 Å². The van der Waals surface area contributed by atoms with Crippen LogP contribution in [0, 0.1) is 11.6 Å². The average molecular weight is 637 g/mol. The van der Waals surface area contributed by atoms with Gasteiger partial charge in [0.1, 0.15) is 11.6 Å². The molecule has 224 valence electrons. The number of halogens is 4. The van der Waals surface area contributed by atoms with Crippen LogP contribution in [-0.4, -0.2) is 70.2 Å². The highest BCUT2D eigenvalue weighted by molar-refractivity contribution is 7.92. The van der Waals surface area contributed by atoms with Crippen molar-refractivity contribution in [2.24, 2.45) is 0 Å². The molecule has 1 saturated heterocycles. The van der Waals surface area contributed by atoms with Crippen LogP contribution < -0.4 is 4.31 Å². The van der Waals surface area contributed by atoms with Crippen molar-refractivity contribution in [1.82, 2.24) is 9.80 Å². The Balaban J connectivity index is 1.29. The Morgan fingerprint density at radius 3 is 2.31 bits per heavy atom. The molecule has 11 heteroatoms. The second kappa shape index (κ2) is 12.1. The molecule has 0 aromatic heterocycles. The first-order chi connectivity index (χ1) is 19.9. The van der Waals surface area contributed by atoms with Gasteiger partial charge in [0.15, 0.2) is 0 Å². The highest BCUT2D eigenvalue weighted by atomic mass is 35.5. The number of piperidine rings is 1. The zero-order valence-corrected chi connectivity index (χ0v) is 25.8. The topological polar surface area (TPSA) is 60.9 Å². The largest absolute Gasteiger partial charge is 0.341 e. The summed E-state index contributed by atoms with van der Waals surface area (Å²) < 4.78 is 54.2. The number of anilines is 1. The third kappa shape index (κ3) is 6.44. The summed E-state index contributed by atoms with van der Waals surface area (Å²) >= 11 is 12.5. The van der Waals surface area contributed by atoms with Crippen LogP contribution in [0.1, 0.15) is 46.7 Å². The fourth-order valence-electron chi connectivity index (χ4n) is 6.29. The summed E-state index contributed by atoms with van der Waals surface area (Å²) in [7, 11) is -1.76. The zero-order valence-electron chi connectivity index (χ0n) is 23.5. The molecule has 0 radical (unpaired) electrons. The molecule has 3 aromatic carbocycles. The van der Waals surface area contributed by atoms with Gasteiger partial charge in [0.05, 0.1) is 22.0 Å². The molecule has 2 heterocycles. The number of benzene rings is 3. The third-order valence-electron chi connectivity index (χ3n) is 8.56. The maximum atomic E-state index is 13.8. The Morgan fingerprint density at radius 2 is 1.67 bits per heavy atom. The van der Waals surface area contributed by atoms with E-state index in [9.17, 15) is 22.0 Å². The van der Waals surface area contributed by atoms with Crippen LogP contribution in [0.25, 0.3) is 0 Å². The molecule has 1 unspecified atom stereocenters. The smallest absolute Gasteiger partial charge is 0.253 e. The highest BCUT2D eigenvalue weighted by Crippen LogP contribution is 2.47. The van der Waals surface area contributed by atoms with Crippen LogP contribution in [0.4, 0.5) is 14.5 Å². The van der Waals surface area contributed by atoms with E-state index in [0.717, 1.165) is 67.5 Å². The minimum Gasteiger partial charge on any atom is -0.341 e. The lowest BCUT2D eigenvalue weighted by molar-refractivity contribution is 0.0779. The van der Waals surface area contributed by atoms with E-state index in [0.29, 0.717) is 29.6 Å². The van der Waals surface area contributed by atoms with E-state index in [1.807, 2.05) is 30.3 Å². The van der Waals surface area contributed by atoms with Gasteiger partial charge < -0.3 is 9.80 Å². The second-order valence-corrected chi connectivity index (χ2v) is 14.1. The Labute approximate surface area is 255 Å². The van der Waals surface area contributed by atoms with Crippen LogP contribution in [-0.2, 0) is 15.4 Å². The quantitative estimate of drug-likeness (QED) is 0.290. The van der Waals surface area contributed by atoms with Gasteiger partial charge in [0, 0.05) is 43.1 Å². The van der Waals surface area contributed by atoms with Crippen molar-refractivity contribution in [1.29, 1.82) is 0 Å². The Hall–Kier alpha value is -2.72. The number of carbonyl (C=O) groups is 1. The van der Waals surface area contributed by atoms with Crippen molar-refractivity contribution in [3.8, 4) is 0 Å². The highest BCUT2D eigenvalue weighted by Gasteiger charge is 2.46. The van der Waals surface area contributed by atoms with Crippen molar-refractivity contribution in [3.05, 3.63) is 99.0 Å². The Morgan fingerprint density at radius 1 is 1.00 bits per heavy atom. The summed E-state index contributed by atoms with van der Waals surface area (Å²) in [4.78, 5) is 16.9. The lowest BCUT2D eigenvalue weighted by Gasteiger charge is -2.40. The molecule has 6 nitrogen and oxygen atoms in total. The SMILES string of the molecule is CN(CC(CCN1CCC2(CC1)CN(S(C)(=O)=O)c1ccccc12)c1ccc(Cl)c(Cl)c1)C(=O)c1cc(F)cc(F)c1. The number of carbonyl (C=O) groups excluding carboxylic acids is 1. The third-order valence-corrected chi connectivity index (χ3v) is 10.4. The molecule has 1 atom stereocenters. The van der Waals surface area contributed by atoms with Gasteiger partial charge in [0.25, 0.3) is 5.91 Å². The summed E-state index contributed by atoms with van der Waals surface area (Å²) in [6, 6.07) is 16.0. The van der Waals surface area contributed by atoms with Crippen molar-refractivity contribution in [2.45, 2.75) is 30.6 Å². The van der Waals surface area contributed by atoms with Crippen LogP contribution in [0.2, 0.25) is 10.0 Å². The number of sulfonamides is 1. The molecule has 2 aliphatic heterocycles. The van der Waals surface area contributed by atoms with Gasteiger partial charge in [-0.1, -0.05) is 47.5 Å². The van der Waals surface area contributed by atoms with E-state index in [1.165, 1.54) is 15.5 Å². The Bertz CT molecular complexity index is 1580. The van der Waals surface area contributed by atoms with Crippen molar-refractivity contribution < 1.29 is 22.0 Å². The monoisotopic (exact) mass is 635 g/mol. The number of hydrogen-bond donors (Lipinski definition) is 0. The predicted octanol–water partition coefficient (Wildman–Crippen LogP) is 6.33. The van der Waals surface area contributed by atoms with Gasteiger partial charge in [-0.05, 0) is 80.4 Å². The molecule has 2 aliphatic rings.